The van der Waals surface area contributed by atoms with Crippen molar-refractivity contribution in [1.82, 2.24) is 24.9 Å². The topological polar surface area (TPSA) is 124 Å². The number of nitrogens with two attached hydrogens (primary N) is 1. The van der Waals surface area contributed by atoms with Crippen LogP contribution in [0.3, 0.4) is 0 Å². The molecule has 0 aliphatic heterocycles. The summed E-state index contributed by atoms with van der Waals surface area (Å²) in [6.45, 7) is 7.88. The molecule has 1 aliphatic carbocycles. The lowest BCUT2D eigenvalue weighted by molar-refractivity contribution is -0.148. The molecule has 0 bridgehead atoms. The summed E-state index contributed by atoms with van der Waals surface area (Å²) >= 11 is 0. The minimum Gasteiger partial charge on any atom is -0.456 e. The Labute approximate surface area is 170 Å². The monoisotopic (exact) mass is 402 g/mol. The van der Waals surface area contributed by atoms with Crippen LogP contribution in [-0.2, 0) is 20.7 Å². The second kappa shape index (κ2) is 8.75. The summed E-state index contributed by atoms with van der Waals surface area (Å²) in [5.41, 5.74) is 8.14. The van der Waals surface area contributed by atoms with Crippen molar-refractivity contribution in [3.63, 3.8) is 0 Å². The number of ether oxygens (including phenoxy) is 1. The van der Waals surface area contributed by atoms with Crippen LogP contribution in [0.5, 0.6) is 0 Å². The summed E-state index contributed by atoms with van der Waals surface area (Å²) < 4.78 is 6.75. The zero-order chi connectivity index (χ0) is 21.1. The van der Waals surface area contributed by atoms with Crippen LogP contribution in [0.1, 0.15) is 56.5 Å². The summed E-state index contributed by atoms with van der Waals surface area (Å²) in [5.74, 6) is 0.966. The largest absolute Gasteiger partial charge is 0.456 e. The normalized spacial score (nSPS) is 21.9. The Hall–Kier alpha value is -2.71. The van der Waals surface area contributed by atoms with E-state index in [4.69, 9.17) is 10.5 Å². The number of rotatable bonds is 6. The average molecular weight is 402 g/mol. The second-order valence-electron chi connectivity index (χ2n) is 8.04. The van der Waals surface area contributed by atoms with Crippen LogP contribution in [0.25, 0.3) is 5.78 Å². The van der Waals surface area contributed by atoms with Crippen LogP contribution >= 0.6 is 0 Å². The van der Waals surface area contributed by atoms with Gasteiger partial charge in [-0.3, -0.25) is 9.59 Å². The molecule has 0 unspecified atom stereocenters. The number of fused-ring (bicyclic) bond motifs is 1. The smallest absolute Gasteiger partial charge is 0.306 e. The Morgan fingerprint density at radius 3 is 2.76 bits per heavy atom. The van der Waals surface area contributed by atoms with Gasteiger partial charge < -0.3 is 15.8 Å². The predicted molar refractivity (Wildman–Crippen MR) is 108 cm³/mol. The zero-order valence-corrected chi connectivity index (χ0v) is 17.6. The lowest BCUT2D eigenvalue weighted by Gasteiger charge is -2.34. The van der Waals surface area contributed by atoms with Crippen LogP contribution in [-0.4, -0.2) is 44.1 Å². The van der Waals surface area contributed by atoms with Crippen molar-refractivity contribution in [2.75, 3.05) is 12.3 Å². The summed E-state index contributed by atoms with van der Waals surface area (Å²) in [6, 6.07) is 0.156. The molecule has 2 heterocycles. The molecule has 29 heavy (non-hydrogen) atoms. The predicted octanol–water partition coefficient (Wildman–Crippen LogP) is 1.74. The molecule has 2 aromatic rings. The van der Waals surface area contributed by atoms with Crippen molar-refractivity contribution in [3.05, 3.63) is 17.0 Å². The first-order valence-corrected chi connectivity index (χ1v) is 10.2. The number of aryl methyl sites for hydroxylation is 2. The molecule has 3 rings (SSSR count). The van der Waals surface area contributed by atoms with Crippen molar-refractivity contribution >= 4 is 23.6 Å². The van der Waals surface area contributed by atoms with E-state index in [0.29, 0.717) is 24.0 Å². The van der Waals surface area contributed by atoms with Crippen LogP contribution in [0.4, 0.5) is 5.95 Å². The van der Waals surface area contributed by atoms with Gasteiger partial charge >= 0.3 is 5.97 Å². The lowest BCUT2D eigenvalue weighted by atomic mass is 9.78. The van der Waals surface area contributed by atoms with Crippen molar-refractivity contribution in [2.45, 2.75) is 65.8 Å². The van der Waals surface area contributed by atoms with E-state index in [2.05, 4.69) is 34.2 Å². The number of carbonyl (C=O) groups is 2. The van der Waals surface area contributed by atoms with Crippen LogP contribution < -0.4 is 11.1 Å². The molecule has 158 valence electrons. The molecular formula is C20H30N6O3. The highest BCUT2D eigenvalue weighted by atomic mass is 16.5. The van der Waals surface area contributed by atoms with Gasteiger partial charge in [-0.15, -0.1) is 5.10 Å². The van der Waals surface area contributed by atoms with Crippen molar-refractivity contribution in [2.24, 2.45) is 11.8 Å². The first-order valence-electron chi connectivity index (χ1n) is 10.2. The summed E-state index contributed by atoms with van der Waals surface area (Å²) in [6.07, 6.45) is 3.89. The van der Waals surface area contributed by atoms with Gasteiger partial charge in [0.2, 0.25) is 5.95 Å². The molecule has 1 saturated carbocycles. The fourth-order valence-corrected chi connectivity index (χ4v) is 4.07. The third kappa shape index (κ3) is 4.83. The number of carbonyl (C=O) groups excluding carboxylic acids is 2. The third-order valence-electron chi connectivity index (χ3n) is 6.06. The van der Waals surface area contributed by atoms with E-state index >= 15 is 0 Å². The number of anilines is 1. The average Bonchev–Trinajstić information content (AvgIpc) is 3.04. The highest BCUT2D eigenvalue weighted by Gasteiger charge is 2.28. The second-order valence-corrected chi connectivity index (χ2v) is 8.04. The van der Waals surface area contributed by atoms with Gasteiger partial charge in [-0.05, 0) is 44.1 Å². The number of esters is 1. The standard InChI is InChI=1S/C20H30N6O3/c1-11-6-5-7-16(12(11)2)23-17(27)10-29-18(28)9-8-15-13(3)22-20-24-19(21)25-26(20)14(15)4/h11-12,16H,5-10H2,1-4H3,(H2,21,25)(H,23,27)/t11-,12-,16-/m1/s1. The van der Waals surface area contributed by atoms with Gasteiger partial charge in [0, 0.05) is 23.9 Å². The maximum atomic E-state index is 12.2. The van der Waals surface area contributed by atoms with E-state index in [9.17, 15) is 9.59 Å². The number of hydrogen-bond acceptors (Lipinski definition) is 7. The number of hydrogen-bond donors (Lipinski definition) is 2. The molecule has 1 fully saturated rings. The minimum atomic E-state index is -0.415. The van der Waals surface area contributed by atoms with Crippen LogP contribution in [0.2, 0.25) is 0 Å². The number of nitrogen functional groups attached to an aromatic ring is 1. The molecular weight excluding hydrogens is 372 g/mol. The quantitative estimate of drug-likeness (QED) is 0.705. The van der Waals surface area contributed by atoms with Gasteiger partial charge in [0.15, 0.2) is 6.61 Å². The van der Waals surface area contributed by atoms with Gasteiger partial charge in [0.05, 0.1) is 0 Å². The molecule has 0 radical (unpaired) electrons. The minimum absolute atomic E-state index is 0.156. The fraction of sp³-hybridized carbons (Fsp3) is 0.650. The molecule has 0 aromatic carbocycles. The van der Waals surface area contributed by atoms with Crippen molar-refractivity contribution in [3.8, 4) is 0 Å². The molecule has 9 nitrogen and oxygen atoms in total. The first-order chi connectivity index (χ1) is 13.8. The maximum absolute atomic E-state index is 12.2. The summed E-state index contributed by atoms with van der Waals surface area (Å²) in [4.78, 5) is 32.8. The molecule has 3 N–H and O–H groups in total. The van der Waals surface area contributed by atoms with Gasteiger partial charge in [-0.2, -0.15) is 9.50 Å². The number of nitrogens with one attached hydrogen (secondary N) is 1. The van der Waals surface area contributed by atoms with E-state index in [1.807, 2.05) is 13.8 Å². The number of aromatic nitrogens is 4. The summed E-state index contributed by atoms with van der Waals surface area (Å²) in [5, 5.41) is 7.13. The Morgan fingerprint density at radius 2 is 2.00 bits per heavy atom. The van der Waals surface area contributed by atoms with Gasteiger partial charge in [0.1, 0.15) is 0 Å². The van der Waals surface area contributed by atoms with E-state index in [-0.39, 0.29) is 30.9 Å². The van der Waals surface area contributed by atoms with E-state index in [1.165, 1.54) is 6.42 Å². The Bertz CT molecular complexity index is 909. The van der Waals surface area contributed by atoms with E-state index in [0.717, 1.165) is 29.8 Å². The zero-order valence-electron chi connectivity index (χ0n) is 17.6. The summed E-state index contributed by atoms with van der Waals surface area (Å²) in [7, 11) is 0. The molecule has 0 saturated heterocycles. The van der Waals surface area contributed by atoms with Gasteiger partial charge in [-0.1, -0.05) is 26.7 Å². The Kier molecular flexibility index (Phi) is 6.34. The lowest BCUT2D eigenvalue weighted by Crippen LogP contribution is -2.45. The van der Waals surface area contributed by atoms with E-state index < -0.39 is 5.97 Å². The fourth-order valence-electron chi connectivity index (χ4n) is 4.07. The first kappa shape index (κ1) is 21.0. The number of amides is 1. The Balaban J connectivity index is 1.50. The molecule has 1 aliphatic rings. The Morgan fingerprint density at radius 1 is 1.24 bits per heavy atom. The SMILES string of the molecule is Cc1nc2nc(N)nn2c(C)c1CCC(=O)OCC(=O)N[C@@H]1CCC[C@@H](C)[C@H]1C. The maximum Gasteiger partial charge on any atom is 0.306 e. The highest BCUT2D eigenvalue weighted by molar-refractivity contribution is 5.80. The van der Waals surface area contributed by atoms with Crippen molar-refractivity contribution < 1.29 is 14.3 Å². The molecule has 3 atom stereocenters. The molecule has 9 heteroatoms. The van der Waals surface area contributed by atoms with Crippen LogP contribution in [0, 0.1) is 25.7 Å². The highest BCUT2D eigenvalue weighted by Crippen LogP contribution is 2.29. The van der Waals surface area contributed by atoms with Gasteiger partial charge in [0.25, 0.3) is 11.7 Å². The molecule has 0 spiro atoms. The van der Waals surface area contributed by atoms with Crippen molar-refractivity contribution in [1.29, 1.82) is 0 Å². The van der Waals surface area contributed by atoms with Crippen LogP contribution in [0.15, 0.2) is 0 Å². The molecule has 2 aromatic heterocycles. The van der Waals surface area contributed by atoms with Gasteiger partial charge in [-0.25, -0.2) is 4.98 Å². The van der Waals surface area contributed by atoms with E-state index in [1.54, 1.807) is 4.52 Å². The molecule has 1 amide bonds. The third-order valence-corrected chi connectivity index (χ3v) is 6.06. The number of nitrogens with zero attached hydrogens (tertiary/aromatic N) is 4.